The Bertz CT molecular complexity index is 994. The van der Waals surface area contributed by atoms with E-state index in [-0.39, 0.29) is 0 Å². The van der Waals surface area contributed by atoms with Gasteiger partial charge in [-0.3, -0.25) is 4.98 Å². The zero-order valence-corrected chi connectivity index (χ0v) is 12.9. The third-order valence-corrected chi connectivity index (χ3v) is 4.45. The first kappa shape index (κ1) is 13.7. The van der Waals surface area contributed by atoms with Crippen LogP contribution < -0.4 is 11.5 Å². The number of hydrogen-bond acceptors (Lipinski definition) is 6. The normalized spacial score (nSPS) is 11.0. The van der Waals surface area contributed by atoms with Crippen molar-refractivity contribution in [1.29, 1.82) is 0 Å². The Labute approximate surface area is 136 Å². The number of benzene rings is 1. The van der Waals surface area contributed by atoms with Crippen molar-refractivity contribution in [1.82, 2.24) is 15.0 Å². The molecule has 0 fully saturated rings. The van der Waals surface area contributed by atoms with Gasteiger partial charge >= 0.3 is 0 Å². The lowest BCUT2D eigenvalue weighted by molar-refractivity contribution is 1.22. The van der Waals surface area contributed by atoms with Gasteiger partial charge in [0.05, 0.1) is 16.8 Å². The Hall–Kier alpha value is -2.99. The van der Waals surface area contributed by atoms with Crippen molar-refractivity contribution in [3.63, 3.8) is 0 Å². The zero-order chi connectivity index (χ0) is 15.8. The van der Waals surface area contributed by atoms with Gasteiger partial charge in [0.15, 0.2) is 5.82 Å². The van der Waals surface area contributed by atoms with E-state index < -0.39 is 0 Å². The van der Waals surface area contributed by atoms with E-state index in [0.717, 1.165) is 27.0 Å². The van der Waals surface area contributed by atoms with Crippen molar-refractivity contribution in [2.75, 3.05) is 11.5 Å². The molecule has 0 atom stereocenters. The molecule has 23 heavy (non-hydrogen) atoms. The van der Waals surface area contributed by atoms with Gasteiger partial charge in [0.1, 0.15) is 4.83 Å². The van der Waals surface area contributed by atoms with Gasteiger partial charge in [0.25, 0.3) is 0 Å². The number of thiophene rings is 1. The summed E-state index contributed by atoms with van der Waals surface area (Å²) in [5.74, 6) is 0.652. The number of rotatable bonds is 2. The van der Waals surface area contributed by atoms with Crippen LogP contribution in [0.25, 0.3) is 32.9 Å². The highest BCUT2D eigenvalue weighted by Gasteiger charge is 2.15. The van der Waals surface area contributed by atoms with Crippen LogP contribution in [-0.2, 0) is 0 Å². The molecule has 0 unspecified atom stereocenters. The Morgan fingerprint density at radius 3 is 2.52 bits per heavy atom. The lowest BCUT2D eigenvalue weighted by atomic mass is 10.1. The summed E-state index contributed by atoms with van der Waals surface area (Å²) < 4.78 is 0. The first-order valence-corrected chi connectivity index (χ1v) is 7.91. The fourth-order valence-corrected chi connectivity index (χ4v) is 3.32. The number of nitrogens with two attached hydrogens (primary N) is 2. The lowest BCUT2D eigenvalue weighted by Crippen LogP contribution is -1.96. The lowest BCUT2D eigenvalue weighted by Gasteiger charge is -2.08. The molecule has 0 amide bonds. The number of hydrogen-bond donors (Lipinski definition) is 2. The van der Waals surface area contributed by atoms with Gasteiger partial charge in [0.2, 0.25) is 0 Å². The van der Waals surface area contributed by atoms with Crippen molar-refractivity contribution in [2.45, 2.75) is 0 Å². The third-order valence-electron chi connectivity index (χ3n) is 3.56. The minimum atomic E-state index is 0.652. The molecule has 4 aromatic rings. The number of nitrogen functional groups attached to an aromatic ring is 2. The van der Waals surface area contributed by atoms with Crippen LogP contribution in [0.1, 0.15) is 0 Å². The number of pyridine rings is 1. The van der Waals surface area contributed by atoms with E-state index in [1.807, 2.05) is 41.8 Å². The summed E-state index contributed by atoms with van der Waals surface area (Å²) in [6.45, 7) is 0. The molecule has 3 heterocycles. The van der Waals surface area contributed by atoms with Gasteiger partial charge in [-0.25, -0.2) is 9.97 Å². The predicted octanol–water partition coefficient (Wildman–Crippen LogP) is 3.58. The zero-order valence-electron chi connectivity index (χ0n) is 12.1. The maximum atomic E-state index is 6.13. The molecule has 0 aliphatic carbocycles. The quantitative estimate of drug-likeness (QED) is 0.551. The molecule has 1 aromatic carbocycles. The van der Waals surface area contributed by atoms with Crippen LogP contribution in [0.2, 0.25) is 0 Å². The van der Waals surface area contributed by atoms with Gasteiger partial charge in [-0.1, -0.05) is 12.1 Å². The van der Waals surface area contributed by atoms with Crippen molar-refractivity contribution in [3.05, 3.63) is 54.2 Å². The second-order valence-corrected chi connectivity index (χ2v) is 5.99. The molecule has 0 spiro atoms. The van der Waals surface area contributed by atoms with Crippen LogP contribution in [0.4, 0.5) is 11.4 Å². The van der Waals surface area contributed by atoms with Gasteiger partial charge < -0.3 is 11.5 Å². The third kappa shape index (κ3) is 2.39. The molecule has 4 rings (SSSR count). The van der Waals surface area contributed by atoms with E-state index in [2.05, 4.69) is 9.97 Å². The van der Waals surface area contributed by atoms with Crippen molar-refractivity contribution in [3.8, 4) is 22.6 Å². The fourth-order valence-electron chi connectivity index (χ4n) is 2.49. The molecular formula is C17H13N5S. The summed E-state index contributed by atoms with van der Waals surface area (Å²) in [4.78, 5) is 14.3. The minimum absolute atomic E-state index is 0.652. The molecule has 4 N–H and O–H groups in total. The summed E-state index contributed by atoms with van der Waals surface area (Å²) in [7, 11) is 0. The molecular weight excluding hydrogens is 306 g/mol. The van der Waals surface area contributed by atoms with Crippen molar-refractivity contribution >= 4 is 32.9 Å². The highest BCUT2D eigenvalue weighted by Crippen LogP contribution is 2.36. The number of nitrogens with zero attached hydrogens (tertiary/aromatic N) is 3. The van der Waals surface area contributed by atoms with Crippen molar-refractivity contribution < 1.29 is 0 Å². The monoisotopic (exact) mass is 319 g/mol. The minimum Gasteiger partial charge on any atom is -0.399 e. The van der Waals surface area contributed by atoms with Crippen LogP contribution in [0, 0.1) is 0 Å². The Kier molecular flexibility index (Phi) is 3.17. The largest absolute Gasteiger partial charge is 0.399 e. The Balaban J connectivity index is 2.03. The van der Waals surface area contributed by atoms with E-state index >= 15 is 0 Å². The molecule has 6 heteroatoms. The first-order valence-electron chi connectivity index (χ1n) is 7.03. The van der Waals surface area contributed by atoms with Crippen LogP contribution >= 0.6 is 11.3 Å². The van der Waals surface area contributed by atoms with E-state index in [1.165, 1.54) is 11.3 Å². The topological polar surface area (TPSA) is 90.7 Å². The summed E-state index contributed by atoms with van der Waals surface area (Å²) >= 11 is 1.51. The summed E-state index contributed by atoms with van der Waals surface area (Å²) in [5.41, 5.74) is 16.1. The maximum Gasteiger partial charge on any atom is 0.161 e. The average molecular weight is 319 g/mol. The van der Waals surface area contributed by atoms with Crippen LogP contribution in [0.15, 0.2) is 54.2 Å². The molecule has 0 bridgehead atoms. The second kappa shape index (κ2) is 5.33. The van der Waals surface area contributed by atoms with E-state index in [4.69, 9.17) is 16.5 Å². The second-order valence-electron chi connectivity index (χ2n) is 5.13. The Morgan fingerprint density at radius 1 is 0.913 bits per heavy atom. The molecule has 112 valence electrons. The molecule has 0 saturated heterocycles. The Morgan fingerprint density at radius 2 is 1.74 bits per heavy atom. The summed E-state index contributed by atoms with van der Waals surface area (Å²) in [6.07, 6.45) is 3.46. The SMILES string of the molecule is Nc1cccc(-c2nc(-c3ccncc3)nc3scc(N)c23)c1. The van der Waals surface area contributed by atoms with E-state index in [9.17, 15) is 0 Å². The highest BCUT2D eigenvalue weighted by molar-refractivity contribution is 7.17. The van der Waals surface area contributed by atoms with Crippen LogP contribution in [0.3, 0.4) is 0 Å². The number of aromatic nitrogens is 3. The molecule has 0 saturated carbocycles. The molecule has 0 radical (unpaired) electrons. The summed E-state index contributed by atoms with van der Waals surface area (Å²) in [5, 5.41) is 2.77. The fraction of sp³-hybridized carbons (Fsp3) is 0. The molecule has 5 nitrogen and oxygen atoms in total. The van der Waals surface area contributed by atoms with Gasteiger partial charge in [-0.2, -0.15) is 0 Å². The first-order chi connectivity index (χ1) is 11.2. The van der Waals surface area contributed by atoms with Gasteiger partial charge in [-0.15, -0.1) is 11.3 Å². The van der Waals surface area contributed by atoms with Gasteiger partial charge in [0, 0.05) is 34.6 Å². The standard InChI is InChI=1S/C17H13N5S/c18-12-3-1-2-11(8-12)15-14-13(19)9-23-17(14)22-16(21-15)10-4-6-20-7-5-10/h1-9H,18-19H2. The van der Waals surface area contributed by atoms with E-state index in [0.29, 0.717) is 17.2 Å². The number of fused-ring (bicyclic) bond motifs is 1. The van der Waals surface area contributed by atoms with E-state index in [1.54, 1.807) is 12.4 Å². The summed E-state index contributed by atoms with van der Waals surface area (Å²) in [6, 6.07) is 11.4. The maximum absolute atomic E-state index is 6.13. The highest BCUT2D eigenvalue weighted by atomic mass is 32.1. The smallest absolute Gasteiger partial charge is 0.161 e. The molecule has 0 aliphatic rings. The van der Waals surface area contributed by atoms with Crippen LogP contribution in [0.5, 0.6) is 0 Å². The molecule has 3 aromatic heterocycles. The van der Waals surface area contributed by atoms with Gasteiger partial charge in [-0.05, 0) is 24.3 Å². The van der Waals surface area contributed by atoms with Crippen molar-refractivity contribution in [2.24, 2.45) is 0 Å². The molecule has 0 aliphatic heterocycles. The average Bonchev–Trinajstić information content (AvgIpc) is 2.96. The van der Waals surface area contributed by atoms with Crippen LogP contribution in [-0.4, -0.2) is 15.0 Å². The predicted molar refractivity (Wildman–Crippen MR) is 94.9 cm³/mol. The number of anilines is 2.